The molecular formula is C22H24N2O4S. The van der Waals surface area contributed by atoms with Gasteiger partial charge in [0.15, 0.2) is 6.61 Å². The van der Waals surface area contributed by atoms with E-state index in [-0.39, 0.29) is 18.6 Å². The second kappa shape index (κ2) is 8.80. The molecule has 2 aromatic heterocycles. The van der Waals surface area contributed by atoms with E-state index in [0.29, 0.717) is 17.9 Å². The molecule has 1 saturated heterocycles. The van der Waals surface area contributed by atoms with Crippen molar-refractivity contribution in [3.05, 3.63) is 62.6 Å². The van der Waals surface area contributed by atoms with Crippen molar-refractivity contribution >= 4 is 28.2 Å². The number of aryl methyl sites for hydroxylation is 1. The van der Waals surface area contributed by atoms with Gasteiger partial charge in [0.25, 0.3) is 5.91 Å². The summed E-state index contributed by atoms with van der Waals surface area (Å²) in [5.74, 6) is 0.326. The lowest BCUT2D eigenvalue weighted by Gasteiger charge is -2.26. The zero-order valence-electron chi connectivity index (χ0n) is 16.3. The van der Waals surface area contributed by atoms with E-state index in [1.54, 1.807) is 23.5 Å². The summed E-state index contributed by atoms with van der Waals surface area (Å²) in [5.41, 5.74) is 0.910. The van der Waals surface area contributed by atoms with E-state index in [1.807, 2.05) is 19.1 Å². The molecule has 0 bridgehead atoms. The van der Waals surface area contributed by atoms with Gasteiger partial charge in [-0.15, -0.1) is 11.3 Å². The highest BCUT2D eigenvalue weighted by molar-refractivity contribution is 7.10. The number of fused-ring (bicyclic) bond motifs is 1. The number of rotatable bonds is 7. The maximum absolute atomic E-state index is 12.4. The van der Waals surface area contributed by atoms with Crippen LogP contribution in [0.4, 0.5) is 0 Å². The molecule has 1 aromatic carbocycles. The maximum atomic E-state index is 12.4. The monoisotopic (exact) mass is 412 g/mol. The topological polar surface area (TPSA) is 71.8 Å². The Hall–Kier alpha value is -2.64. The van der Waals surface area contributed by atoms with Crippen molar-refractivity contribution in [1.29, 1.82) is 0 Å². The van der Waals surface area contributed by atoms with Gasteiger partial charge in [0.1, 0.15) is 11.3 Å². The first-order valence-electron chi connectivity index (χ1n) is 9.81. The van der Waals surface area contributed by atoms with Crippen LogP contribution < -0.4 is 15.7 Å². The summed E-state index contributed by atoms with van der Waals surface area (Å²) in [6.45, 7) is 4.47. The average Bonchev–Trinajstić information content (AvgIpc) is 3.41. The fraction of sp³-hybridized carbons (Fsp3) is 0.364. The van der Waals surface area contributed by atoms with Gasteiger partial charge in [-0.2, -0.15) is 0 Å². The minimum atomic E-state index is -0.397. The minimum Gasteiger partial charge on any atom is -0.484 e. The van der Waals surface area contributed by atoms with Crippen molar-refractivity contribution in [1.82, 2.24) is 10.2 Å². The molecule has 1 aliphatic rings. The number of carbonyl (C=O) groups is 1. The smallest absolute Gasteiger partial charge is 0.336 e. The number of nitrogens with zero attached hydrogens (tertiary/aromatic N) is 1. The zero-order valence-corrected chi connectivity index (χ0v) is 17.2. The first-order chi connectivity index (χ1) is 14.1. The van der Waals surface area contributed by atoms with E-state index in [2.05, 4.69) is 21.7 Å². The van der Waals surface area contributed by atoms with Gasteiger partial charge < -0.3 is 14.5 Å². The first-order valence-corrected chi connectivity index (χ1v) is 10.7. The van der Waals surface area contributed by atoms with Gasteiger partial charge >= 0.3 is 5.63 Å². The Morgan fingerprint density at radius 2 is 2.10 bits per heavy atom. The number of thiophene rings is 1. The van der Waals surface area contributed by atoms with Gasteiger partial charge in [-0.05, 0) is 62.0 Å². The number of carbonyl (C=O) groups excluding carboxylic acids is 1. The van der Waals surface area contributed by atoms with Crippen LogP contribution in [0.5, 0.6) is 5.75 Å². The lowest BCUT2D eigenvalue weighted by Crippen LogP contribution is -2.38. The van der Waals surface area contributed by atoms with Gasteiger partial charge in [-0.25, -0.2) is 4.79 Å². The van der Waals surface area contributed by atoms with Crippen LogP contribution in [0, 0.1) is 6.92 Å². The van der Waals surface area contributed by atoms with Crippen molar-refractivity contribution in [2.24, 2.45) is 0 Å². The van der Waals surface area contributed by atoms with Crippen molar-refractivity contribution in [3.63, 3.8) is 0 Å². The Labute approximate surface area is 173 Å². The fourth-order valence-corrected chi connectivity index (χ4v) is 4.61. The molecule has 4 rings (SSSR count). The van der Waals surface area contributed by atoms with Gasteiger partial charge in [-0.1, -0.05) is 6.07 Å². The van der Waals surface area contributed by atoms with Crippen LogP contribution in [0.25, 0.3) is 11.0 Å². The molecule has 1 atom stereocenters. The van der Waals surface area contributed by atoms with Crippen molar-refractivity contribution in [3.8, 4) is 5.75 Å². The number of likely N-dealkylation sites (tertiary alicyclic amines) is 1. The van der Waals surface area contributed by atoms with Crippen molar-refractivity contribution in [2.45, 2.75) is 25.8 Å². The highest BCUT2D eigenvalue weighted by Gasteiger charge is 2.24. The molecule has 3 aromatic rings. The zero-order chi connectivity index (χ0) is 20.2. The molecule has 1 amide bonds. The number of ether oxygens (including phenoxy) is 1. The maximum Gasteiger partial charge on any atom is 0.336 e. The molecule has 3 heterocycles. The van der Waals surface area contributed by atoms with Crippen LogP contribution in [-0.2, 0) is 4.79 Å². The van der Waals surface area contributed by atoms with E-state index in [9.17, 15) is 9.59 Å². The summed E-state index contributed by atoms with van der Waals surface area (Å²) in [4.78, 5) is 27.6. The summed E-state index contributed by atoms with van der Waals surface area (Å²) in [7, 11) is 0. The molecule has 1 fully saturated rings. The number of amides is 1. The van der Waals surface area contributed by atoms with Crippen molar-refractivity contribution in [2.75, 3.05) is 26.2 Å². The molecule has 0 spiro atoms. The quantitative estimate of drug-likeness (QED) is 0.602. The van der Waals surface area contributed by atoms with Crippen LogP contribution in [0.15, 0.2) is 51.0 Å². The SMILES string of the molecule is Cc1cc(=O)oc2cc(OCC(=O)NC[C@H](c3cccs3)N3CCCC3)ccc12. The largest absolute Gasteiger partial charge is 0.484 e. The van der Waals surface area contributed by atoms with Gasteiger partial charge in [0.2, 0.25) is 0 Å². The fourth-order valence-electron chi connectivity index (χ4n) is 3.75. The highest BCUT2D eigenvalue weighted by Crippen LogP contribution is 2.28. The summed E-state index contributed by atoms with van der Waals surface area (Å²) in [6.07, 6.45) is 2.41. The van der Waals surface area contributed by atoms with E-state index in [4.69, 9.17) is 9.15 Å². The Bertz CT molecular complexity index is 1040. The molecule has 0 unspecified atom stereocenters. The normalized spacial score (nSPS) is 15.5. The first kappa shape index (κ1) is 19.7. The third-order valence-corrected chi connectivity index (χ3v) is 6.21. The Balaban J connectivity index is 1.36. The molecule has 1 aliphatic heterocycles. The summed E-state index contributed by atoms with van der Waals surface area (Å²) >= 11 is 1.72. The molecule has 0 saturated carbocycles. The van der Waals surface area contributed by atoms with E-state index in [0.717, 1.165) is 24.0 Å². The van der Waals surface area contributed by atoms with Crippen LogP contribution in [0.3, 0.4) is 0 Å². The van der Waals surface area contributed by atoms with E-state index in [1.165, 1.54) is 23.8 Å². The number of hydrogen-bond acceptors (Lipinski definition) is 6. The Morgan fingerprint density at radius 3 is 2.86 bits per heavy atom. The summed E-state index contributed by atoms with van der Waals surface area (Å²) < 4.78 is 10.8. The molecule has 0 aliphatic carbocycles. The molecule has 0 radical (unpaired) electrons. The molecule has 7 heteroatoms. The number of hydrogen-bond donors (Lipinski definition) is 1. The molecule has 29 heavy (non-hydrogen) atoms. The molecule has 1 N–H and O–H groups in total. The highest BCUT2D eigenvalue weighted by atomic mass is 32.1. The van der Waals surface area contributed by atoms with Crippen LogP contribution in [0.1, 0.15) is 29.3 Å². The van der Waals surface area contributed by atoms with Crippen LogP contribution in [0.2, 0.25) is 0 Å². The second-order valence-electron chi connectivity index (χ2n) is 7.27. The van der Waals surface area contributed by atoms with Crippen molar-refractivity contribution < 1.29 is 13.9 Å². The van der Waals surface area contributed by atoms with Crippen LogP contribution >= 0.6 is 11.3 Å². The summed E-state index contributed by atoms with van der Waals surface area (Å²) in [5, 5.41) is 5.93. The lowest BCUT2D eigenvalue weighted by atomic mass is 10.1. The lowest BCUT2D eigenvalue weighted by molar-refractivity contribution is -0.123. The minimum absolute atomic E-state index is 0.0846. The molecular weight excluding hydrogens is 388 g/mol. The predicted octanol–water partition coefficient (Wildman–Crippen LogP) is 3.50. The second-order valence-corrected chi connectivity index (χ2v) is 8.25. The average molecular weight is 413 g/mol. The van der Waals surface area contributed by atoms with E-state index >= 15 is 0 Å². The van der Waals surface area contributed by atoms with Gasteiger partial charge in [0.05, 0.1) is 6.04 Å². The van der Waals surface area contributed by atoms with Gasteiger partial charge in [0, 0.05) is 28.9 Å². The Morgan fingerprint density at radius 1 is 1.28 bits per heavy atom. The third-order valence-electron chi connectivity index (χ3n) is 5.24. The third kappa shape index (κ3) is 4.68. The predicted molar refractivity (Wildman–Crippen MR) is 114 cm³/mol. The number of benzene rings is 1. The summed E-state index contributed by atoms with van der Waals surface area (Å²) in [6, 6.07) is 11.1. The van der Waals surface area contributed by atoms with Crippen LogP contribution in [-0.4, -0.2) is 37.0 Å². The standard InChI is InChI=1S/C22H24N2O4S/c1-15-11-22(26)28-19-12-16(6-7-17(15)19)27-14-21(25)23-13-18(20-5-4-10-29-20)24-8-2-3-9-24/h4-7,10-12,18H,2-3,8-9,13-14H2,1H3,(H,23,25)/t18-/m1/s1. The molecule has 152 valence electrons. The molecule has 6 nitrogen and oxygen atoms in total. The van der Waals surface area contributed by atoms with Gasteiger partial charge in [-0.3, -0.25) is 9.69 Å². The van der Waals surface area contributed by atoms with E-state index < -0.39 is 5.63 Å². The number of nitrogens with one attached hydrogen (secondary N) is 1. The Kier molecular flexibility index (Phi) is 5.97.